The van der Waals surface area contributed by atoms with Crippen molar-refractivity contribution in [3.63, 3.8) is 0 Å². The fourth-order valence-corrected chi connectivity index (χ4v) is 6.46. The molecule has 6 nitrogen and oxygen atoms in total. The Balaban J connectivity index is 1.51. The first-order chi connectivity index (χ1) is 16.9. The minimum atomic E-state index is -0.290. The maximum Gasteiger partial charge on any atom is 0.302 e. The van der Waals surface area contributed by atoms with Crippen molar-refractivity contribution in [2.24, 2.45) is 11.8 Å². The van der Waals surface area contributed by atoms with E-state index >= 15 is 0 Å². The molecular weight excluding hydrogens is 440 g/mol. The van der Waals surface area contributed by atoms with Crippen LogP contribution in [0.15, 0.2) is 54.6 Å². The molecular formula is C29H36N2O4. The van der Waals surface area contributed by atoms with Crippen LogP contribution in [0.3, 0.4) is 0 Å². The van der Waals surface area contributed by atoms with Crippen molar-refractivity contribution in [2.45, 2.75) is 56.6 Å². The van der Waals surface area contributed by atoms with Gasteiger partial charge in [-0.2, -0.15) is 0 Å². The van der Waals surface area contributed by atoms with Crippen molar-refractivity contribution < 1.29 is 19.4 Å². The van der Waals surface area contributed by atoms with Crippen LogP contribution in [0.5, 0.6) is 5.75 Å². The van der Waals surface area contributed by atoms with Crippen LogP contribution in [-0.2, 0) is 14.9 Å². The summed E-state index contributed by atoms with van der Waals surface area (Å²) in [5, 5.41) is 10.4. The van der Waals surface area contributed by atoms with Crippen LogP contribution in [-0.4, -0.2) is 65.6 Å². The van der Waals surface area contributed by atoms with E-state index in [1.807, 2.05) is 54.4 Å². The third kappa shape index (κ3) is 4.94. The number of likely N-dealkylation sites (tertiary alicyclic amines) is 1. The second-order valence-corrected chi connectivity index (χ2v) is 10.8. The van der Waals surface area contributed by atoms with Crippen molar-refractivity contribution in [1.82, 2.24) is 9.80 Å². The molecule has 1 amide bonds. The van der Waals surface area contributed by atoms with Crippen molar-refractivity contribution >= 4 is 11.9 Å². The van der Waals surface area contributed by atoms with E-state index in [2.05, 4.69) is 11.0 Å². The van der Waals surface area contributed by atoms with Crippen LogP contribution < -0.4 is 0 Å². The van der Waals surface area contributed by atoms with E-state index in [1.54, 1.807) is 6.07 Å². The highest BCUT2D eigenvalue weighted by Gasteiger charge is 2.54. The molecule has 6 heteroatoms. The van der Waals surface area contributed by atoms with Gasteiger partial charge in [0.1, 0.15) is 11.9 Å². The van der Waals surface area contributed by atoms with Crippen LogP contribution in [0.4, 0.5) is 0 Å². The number of benzene rings is 2. The SMILES string of the molecule is CC(=O)OC1C[C@@H](N(C)C(=O)c2ccccc2)C[C@]2(c3cccc(O)c3)CCN(CC3CC3)C[C@@H]12. The van der Waals surface area contributed by atoms with Gasteiger partial charge in [0.25, 0.3) is 5.91 Å². The monoisotopic (exact) mass is 476 g/mol. The Labute approximate surface area is 207 Å². The van der Waals surface area contributed by atoms with E-state index in [-0.39, 0.29) is 41.1 Å². The second-order valence-electron chi connectivity index (χ2n) is 10.8. The lowest BCUT2D eigenvalue weighted by Crippen LogP contribution is -2.62. The number of rotatable bonds is 6. The van der Waals surface area contributed by atoms with Crippen LogP contribution >= 0.6 is 0 Å². The fourth-order valence-electron chi connectivity index (χ4n) is 6.46. The lowest BCUT2D eigenvalue weighted by Gasteiger charge is -2.56. The zero-order valence-corrected chi connectivity index (χ0v) is 20.7. The number of carbonyl (C=O) groups is 2. The van der Waals surface area contributed by atoms with Gasteiger partial charge in [0.2, 0.25) is 0 Å². The third-order valence-corrected chi connectivity index (χ3v) is 8.43. The summed E-state index contributed by atoms with van der Waals surface area (Å²) < 4.78 is 6.01. The molecule has 1 N–H and O–H groups in total. The molecule has 0 bridgehead atoms. The maximum absolute atomic E-state index is 13.4. The number of phenols is 1. The standard InChI is InChI=1S/C29H36N2O4/c1-20(32)35-27-16-24(30(2)28(34)22-7-4-3-5-8-22)17-29(23-9-6-10-25(33)15-23)13-14-31(19-26(27)29)18-21-11-12-21/h3-10,15,21,24,26-27,33H,11-14,16-19H2,1-2H3/t24-,26+,27?,29+/m1/s1. The molecule has 5 rings (SSSR count). The van der Waals surface area contributed by atoms with E-state index in [4.69, 9.17) is 4.74 Å². The Kier molecular flexibility index (Phi) is 6.58. The Morgan fingerprint density at radius 2 is 1.91 bits per heavy atom. The first kappa shape index (κ1) is 23.9. The van der Waals surface area contributed by atoms with Gasteiger partial charge in [-0.15, -0.1) is 0 Å². The molecule has 1 saturated heterocycles. The number of phenolic OH excluding ortho intramolecular Hbond substituents is 1. The smallest absolute Gasteiger partial charge is 0.302 e. The van der Waals surface area contributed by atoms with Gasteiger partial charge >= 0.3 is 5.97 Å². The molecule has 0 aromatic heterocycles. The van der Waals surface area contributed by atoms with Gasteiger partial charge in [-0.1, -0.05) is 30.3 Å². The summed E-state index contributed by atoms with van der Waals surface area (Å²) >= 11 is 0. The number of fused-ring (bicyclic) bond motifs is 1. The summed E-state index contributed by atoms with van der Waals surface area (Å²) in [6, 6.07) is 16.8. The Hall–Kier alpha value is -2.86. The fraction of sp³-hybridized carbons (Fsp3) is 0.517. The zero-order valence-electron chi connectivity index (χ0n) is 20.7. The predicted molar refractivity (Wildman–Crippen MR) is 134 cm³/mol. The minimum absolute atomic E-state index is 0.0205. The van der Waals surface area contributed by atoms with Gasteiger partial charge in [0.15, 0.2) is 0 Å². The molecule has 0 spiro atoms. The van der Waals surface area contributed by atoms with Crippen molar-refractivity contribution in [3.8, 4) is 5.75 Å². The number of esters is 1. The molecule has 2 aromatic rings. The summed E-state index contributed by atoms with van der Waals surface area (Å²) in [6.07, 6.45) is 4.64. The summed E-state index contributed by atoms with van der Waals surface area (Å²) in [5.74, 6) is 0.846. The predicted octanol–water partition coefficient (Wildman–Crippen LogP) is 4.23. The second kappa shape index (κ2) is 9.65. The number of carbonyl (C=O) groups excluding carboxylic acids is 2. The van der Waals surface area contributed by atoms with Crippen LogP contribution in [0.1, 0.15) is 54.9 Å². The molecule has 4 atom stereocenters. The molecule has 0 radical (unpaired) electrons. The summed E-state index contributed by atoms with van der Waals surface area (Å²) in [5.41, 5.74) is 1.45. The quantitative estimate of drug-likeness (QED) is 0.632. The van der Waals surface area contributed by atoms with E-state index in [1.165, 1.54) is 19.8 Å². The molecule has 186 valence electrons. The third-order valence-electron chi connectivity index (χ3n) is 8.43. The molecule has 35 heavy (non-hydrogen) atoms. The lowest BCUT2D eigenvalue weighted by molar-refractivity contribution is -0.158. The average Bonchev–Trinajstić information content (AvgIpc) is 3.67. The highest BCUT2D eigenvalue weighted by molar-refractivity contribution is 5.94. The van der Waals surface area contributed by atoms with E-state index in [0.29, 0.717) is 12.0 Å². The zero-order chi connectivity index (χ0) is 24.6. The van der Waals surface area contributed by atoms with Gasteiger partial charge in [-0.05, 0) is 68.0 Å². The molecule has 2 saturated carbocycles. The first-order valence-corrected chi connectivity index (χ1v) is 12.9. The lowest BCUT2D eigenvalue weighted by atomic mass is 9.56. The summed E-state index contributed by atoms with van der Waals surface area (Å²) in [7, 11) is 1.86. The summed E-state index contributed by atoms with van der Waals surface area (Å²) in [4.78, 5) is 30.0. The number of nitrogens with zero attached hydrogens (tertiary/aromatic N) is 2. The first-order valence-electron chi connectivity index (χ1n) is 12.9. The van der Waals surface area contributed by atoms with Crippen molar-refractivity contribution in [1.29, 1.82) is 0 Å². The average molecular weight is 477 g/mol. The minimum Gasteiger partial charge on any atom is -0.508 e. The van der Waals surface area contributed by atoms with Crippen LogP contribution in [0, 0.1) is 11.8 Å². The number of aromatic hydroxyl groups is 1. The van der Waals surface area contributed by atoms with E-state index in [0.717, 1.165) is 44.0 Å². The number of hydrogen-bond acceptors (Lipinski definition) is 5. The molecule has 1 heterocycles. The van der Waals surface area contributed by atoms with Gasteiger partial charge in [0.05, 0.1) is 0 Å². The number of piperidine rings is 1. The van der Waals surface area contributed by atoms with E-state index < -0.39 is 0 Å². The van der Waals surface area contributed by atoms with Crippen molar-refractivity contribution in [2.75, 3.05) is 26.7 Å². The molecule has 3 aliphatic rings. The van der Waals surface area contributed by atoms with Gasteiger partial charge in [-0.3, -0.25) is 9.59 Å². The van der Waals surface area contributed by atoms with Gasteiger partial charge < -0.3 is 19.6 Å². The number of amides is 1. The Bertz CT molecular complexity index is 1070. The van der Waals surface area contributed by atoms with Gasteiger partial charge in [0, 0.05) is 56.4 Å². The Morgan fingerprint density at radius 1 is 1.14 bits per heavy atom. The number of ether oxygens (including phenoxy) is 1. The molecule has 2 aliphatic carbocycles. The maximum atomic E-state index is 13.4. The highest BCUT2D eigenvalue weighted by Crippen LogP contribution is 2.52. The highest BCUT2D eigenvalue weighted by atomic mass is 16.5. The van der Waals surface area contributed by atoms with Crippen molar-refractivity contribution in [3.05, 3.63) is 65.7 Å². The number of hydrogen-bond donors (Lipinski definition) is 1. The summed E-state index contributed by atoms with van der Waals surface area (Å²) in [6.45, 7) is 4.42. The normalized spacial score (nSPS) is 28.7. The van der Waals surface area contributed by atoms with E-state index in [9.17, 15) is 14.7 Å². The van der Waals surface area contributed by atoms with Gasteiger partial charge in [-0.25, -0.2) is 0 Å². The Morgan fingerprint density at radius 3 is 2.60 bits per heavy atom. The van der Waals surface area contributed by atoms with Crippen LogP contribution in [0.2, 0.25) is 0 Å². The molecule has 2 aromatic carbocycles. The van der Waals surface area contributed by atoms with Crippen LogP contribution in [0.25, 0.3) is 0 Å². The topological polar surface area (TPSA) is 70.1 Å². The molecule has 3 fully saturated rings. The largest absolute Gasteiger partial charge is 0.508 e. The molecule has 1 unspecified atom stereocenters. The molecule has 1 aliphatic heterocycles.